The number of nitrogens with one attached hydrogen (secondary N) is 2. The molecule has 0 fully saturated rings. The van der Waals surface area contributed by atoms with Crippen molar-refractivity contribution in [3.63, 3.8) is 0 Å². The molecule has 0 bridgehead atoms. The number of rotatable bonds is 5. The maximum atomic E-state index is 4.55. The van der Waals surface area contributed by atoms with Crippen LogP contribution < -0.4 is 10.6 Å². The number of guanidine groups is 1. The van der Waals surface area contributed by atoms with Gasteiger partial charge in [-0.25, -0.2) is 4.99 Å². The van der Waals surface area contributed by atoms with Gasteiger partial charge >= 0.3 is 0 Å². The fraction of sp³-hybridized carbons (Fsp3) is 0.571. The summed E-state index contributed by atoms with van der Waals surface area (Å²) < 4.78 is 0. The van der Waals surface area contributed by atoms with Crippen LogP contribution in [0.2, 0.25) is 0 Å². The molecular formula is C14H24N4. The molecule has 0 unspecified atom stereocenters. The van der Waals surface area contributed by atoms with Gasteiger partial charge in [0.05, 0.1) is 12.2 Å². The van der Waals surface area contributed by atoms with Crippen LogP contribution in [0.5, 0.6) is 0 Å². The van der Waals surface area contributed by atoms with Crippen LogP contribution in [-0.2, 0) is 6.54 Å². The van der Waals surface area contributed by atoms with Crippen LogP contribution in [0.1, 0.15) is 32.0 Å². The van der Waals surface area contributed by atoms with E-state index in [0.717, 1.165) is 24.7 Å². The van der Waals surface area contributed by atoms with E-state index in [9.17, 15) is 0 Å². The van der Waals surface area contributed by atoms with Crippen molar-refractivity contribution in [2.45, 2.75) is 34.2 Å². The first-order valence-corrected chi connectivity index (χ1v) is 6.56. The summed E-state index contributed by atoms with van der Waals surface area (Å²) in [7, 11) is 0. The molecule has 100 valence electrons. The summed E-state index contributed by atoms with van der Waals surface area (Å²) in [6.07, 6.45) is 1.81. The van der Waals surface area contributed by atoms with Crippen LogP contribution in [0, 0.1) is 12.8 Å². The van der Waals surface area contributed by atoms with Gasteiger partial charge in [-0.2, -0.15) is 0 Å². The zero-order chi connectivity index (χ0) is 13.4. The lowest BCUT2D eigenvalue weighted by Crippen LogP contribution is -2.39. The highest BCUT2D eigenvalue weighted by molar-refractivity contribution is 5.79. The summed E-state index contributed by atoms with van der Waals surface area (Å²) in [5.74, 6) is 1.46. The molecule has 0 aliphatic rings. The summed E-state index contributed by atoms with van der Waals surface area (Å²) in [5, 5.41) is 6.56. The third kappa shape index (κ3) is 5.17. The molecule has 0 saturated heterocycles. The van der Waals surface area contributed by atoms with Crippen molar-refractivity contribution in [2.24, 2.45) is 10.9 Å². The van der Waals surface area contributed by atoms with E-state index in [1.807, 2.05) is 12.3 Å². The van der Waals surface area contributed by atoms with E-state index in [1.54, 1.807) is 0 Å². The molecule has 2 N–H and O–H groups in total. The van der Waals surface area contributed by atoms with E-state index in [-0.39, 0.29) is 0 Å². The Kier molecular flexibility index (Phi) is 6.19. The fourth-order valence-corrected chi connectivity index (χ4v) is 1.48. The zero-order valence-electron chi connectivity index (χ0n) is 11.8. The summed E-state index contributed by atoms with van der Waals surface area (Å²) in [4.78, 5) is 8.89. The van der Waals surface area contributed by atoms with E-state index >= 15 is 0 Å². The second kappa shape index (κ2) is 7.69. The van der Waals surface area contributed by atoms with Gasteiger partial charge < -0.3 is 10.6 Å². The van der Waals surface area contributed by atoms with E-state index in [0.29, 0.717) is 12.5 Å². The lowest BCUT2D eigenvalue weighted by atomic mass is 10.2. The molecule has 4 nitrogen and oxygen atoms in total. The van der Waals surface area contributed by atoms with Crippen LogP contribution in [-0.4, -0.2) is 24.0 Å². The summed E-state index contributed by atoms with van der Waals surface area (Å²) >= 11 is 0. The molecule has 1 heterocycles. The first kappa shape index (κ1) is 14.5. The second-order valence-corrected chi connectivity index (χ2v) is 4.74. The highest BCUT2D eigenvalue weighted by atomic mass is 15.2. The topological polar surface area (TPSA) is 49.3 Å². The number of hydrogen-bond acceptors (Lipinski definition) is 2. The lowest BCUT2D eigenvalue weighted by molar-refractivity contribution is 0.614. The molecule has 0 saturated carbocycles. The predicted molar refractivity (Wildman–Crippen MR) is 76.6 cm³/mol. The molecule has 0 amide bonds. The van der Waals surface area contributed by atoms with Gasteiger partial charge in [0.25, 0.3) is 0 Å². The van der Waals surface area contributed by atoms with Gasteiger partial charge in [0.2, 0.25) is 0 Å². The van der Waals surface area contributed by atoms with E-state index in [4.69, 9.17) is 0 Å². The average molecular weight is 248 g/mol. The van der Waals surface area contributed by atoms with Crippen molar-refractivity contribution in [1.82, 2.24) is 15.6 Å². The Bertz CT molecular complexity index is 385. The maximum Gasteiger partial charge on any atom is 0.191 e. The van der Waals surface area contributed by atoms with Crippen molar-refractivity contribution in [3.8, 4) is 0 Å². The molecule has 0 aliphatic heterocycles. The van der Waals surface area contributed by atoms with Crippen LogP contribution in [0.15, 0.2) is 23.3 Å². The number of aryl methyl sites for hydroxylation is 1. The molecule has 0 aliphatic carbocycles. The van der Waals surface area contributed by atoms with Crippen LogP contribution in [0.25, 0.3) is 0 Å². The summed E-state index contributed by atoms with van der Waals surface area (Å²) in [6, 6.07) is 4.01. The molecule has 4 heteroatoms. The van der Waals surface area contributed by atoms with Gasteiger partial charge in [-0.05, 0) is 31.4 Å². The van der Waals surface area contributed by atoms with Gasteiger partial charge in [-0.1, -0.05) is 19.9 Å². The summed E-state index contributed by atoms with van der Waals surface area (Å²) in [5.41, 5.74) is 2.21. The SMILES string of the molecule is CCNC(=NCc1ncccc1C)NCC(C)C. The Balaban J connectivity index is 2.62. The Labute approximate surface area is 110 Å². The molecule has 0 aromatic carbocycles. The normalized spacial score (nSPS) is 11.7. The minimum atomic E-state index is 0.602. The van der Waals surface area contributed by atoms with E-state index < -0.39 is 0 Å². The van der Waals surface area contributed by atoms with Gasteiger partial charge in [-0.15, -0.1) is 0 Å². The third-order valence-electron chi connectivity index (χ3n) is 2.53. The largest absolute Gasteiger partial charge is 0.357 e. The highest BCUT2D eigenvalue weighted by Gasteiger charge is 2.01. The van der Waals surface area contributed by atoms with E-state index in [2.05, 4.69) is 54.4 Å². The number of aliphatic imine (C=N–C) groups is 1. The average Bonchev–Trinajstić information content (AvgIpc) is 2.34. The highest BCUT2D eigenvalue weighted by Crippen LogP contribution is 2.04. The van der Waals surface area contributed by atoms with E-state index in [1.165, 1.54) is 5.56 Å². The minimum Gasteiger partial charge on any atom is -0.357 e. The molecule has 1 rings (SSSR count). The summed E-state index contributed by atoms with van der Waals surface area (Å²) in [6.45, 7) is 10.9. The standard InChI is InChI=1S/C14H24N4/c1-5-15-14(17-9-11(2)3)18-10-13-12(4)7-6-8-16-13/h6-8,11H,5,9-10H2,1-4H3,(H2,15,17,18). The molecule has 18 heavy (non-hydrogen) atoms. The number of aromatic nitrogens is 1. The van der Waals surface area contributed by atoms with Gasteiger partial charge in [-0.3, -0.25) is 4.98 Å². The first-order chi connectivity index (χ1) is 8.63. The number of pyridine rings is 1. The Hall–Kier alpha value is -1.58. The third-order valence-corrected chi connectivity index (χ3v) is 2.53. The Morgan fingerprint density at radius 1 is 1.39 bits per heavy atom. The fourth-order valence-electron chi connectivity index (χ4n) is 1.48. The van der Waals surface area contributed by atoms with Crippen LogP contribution in [0.3, 0.4) is 0 Å². The quantitative estimate of drug-likeness (QED) is 0.620. The van der Waals surface area contributed by atoms with Gasteiger partial charge in [0, 0.05) is 19.3 Å². The zero-order valence-corrected chi connectivity index (χ0v) is 11.8. The first-order valence-electron chi connectivity index (χ1n) is 6.56. The van der Waals surface area contributed by atoms with Crippen molar-refractivity contribution >= 4 is 5.96 Å². The smallest absolute Gasteiger partial charge is 0.191 e. The molecule has 0 atom stereocenters. The molecule has 0 spiro atoms. The lowest BCUT2D eigenvalue weighted by Gasteiger charge is -2.13. The van der Waals surface area contributed by atoms with Crippen molar-refractivity contribution in [2.75, 3.05) is 13.1 Å². The van der Waals surface area contributed by atoms with Crippen molar-refractivity contribution in [3.05, 3.63) is 29.6 Å². The second-order valence-electron chi connectivity index (χ2n) is 4.74. The van der Waals surface area contributed by atoms with Crippen molar-refractivity contribution in [1.29, 1.82) is 0 Å². The number of hydrogen-bond donors (Lipinski definition) is 2. The molecule has 1 aromatic heterocycles. The number of nitrogens with zero attached hydrogens (tertiary/aromatic N) is 2. The predicted octanol–water partition coefficient (Wildman–Crippen LogP) is 2.10. The van der Waals surface area contributed by atoms with Crippen LogP contribution >= 0.6 is 0 Å². The van der Waals surface area contributed by atoms with Crippen LogP contribution in [0.4, 0.5) is 0 Å². The molecular weight excluding hydrogens is 224 g/mol. The molecule has 1 aromatic rings. The van der Waals surface area contributed by atoms with Gasteiger partial charge in [0.15, 0.2) is 5.96 Å². The minimum absolute atomic E-state index is 0.602. The van der Waals surface area contributed by atoms with Gasteiger partial charge in [0.1, 0.15) is 0 Å². The monoisotopic (exact) mass is 248 g/mol. The molecule has 0 radical (unpaired) electrons. The maximum absolute atomic E-state index is 4.55. The van der Waals surface area contributed by atoms with Crippen molar-refractivity contribution < 1.29 is 0 Å². The Morgan fingerprint density at radius 3 is 2.78 bits per heavy atom. The Morgan fingerprint density at radius 2 is 2.17 bits per heavy atom.